The number of aromatic nitrogens is 1. The van der Waals surface area contributed by atoms with E-state index in [9.17, 15) is 22.4 Å². The highest BCUT2D eigenvalue weighted by Crippen LogP contribution is 2.32. The maximum absolute atomic E-state index is 14.3. The molecule has 0 N–H and O–H groups in total. The Bertz CT molecular complexity index is 927. The molecule has 0 aliphatic rings. The molecule has 0 radical (unpaired) electrons. The summed E-state index contributed by atoms with van der Waals surface area (Å²) in [5.74, 6) is -7.61. The number of hydrogen-bond donors (Lipinski definition) is 0. The molecule has 0 aliphatic heterocycles. The number of hydrogen-bond acceptors (Lipinski definition) is 2. The van der Waals surface area contributed by atoms with E-state index in [1.807, 2.05) is 0 Å². The smallest absolute Gasteiger partial charge is 0.198 e. The lowest BCUT2D eigenvalue weighted by molar-refractivity contribution is 0.0991. The quantitative estimate of drug-likeness (QED) is 0.296. The molecular weight excluding hydrogens is 334 g/mol. The minimum atomic E-state index is -1.95. The van der Waals surface area contributed by atoms with Crippen molar-refractivity contribution in [2.45, 2.75) is 6.42 Å². The van der Waals surface area contributed by atoms with Gasteiger partial charge in [0.05, 0.1) is 5.69 Å². The first-order chi connectivity index (χ1) is 12.0. The highest BCUT2D eigenvalue weighted by molar-refractivity contribution is 5.98. The average Bonchev–Trinajstić information content (AvgIpc) is 2.66. The number of pyridine rings is 1. The van der Waals surface area contributed by atoms with Crippen molar-refractivity contribution < 1.29 is 22.4 Å². The first-order valence-electron chi connectivity index (χ1n) is 7.35. The van der Waals surface area contributed by atoms with Crippen molar-refractivity contribution in [3.8, 4) is 11.3 Å². The number of carbonyl (C=O) groups is 1. The first kappa shape index (κ1) is 16.8. The monoisotopic (exact) mass is 345 g/mol. The number of ketones is 1. The maximum atomic E-state index is 14.3. The summed E-state index contributed by atoms with van der Waals surface area (Å²) in [5.41, 5.74) is -0.960. The van der Waals surface area contributed by atoms with E-state index in [4.69, 9.17) is 0 Å². The first-order valence-corrected chi connectivity index (χ1v) is 7.35. The minimum absolute atomic E-state index is 0.0892. The summed E-state index contributed by atoms with van der Waals surface area (Å²) in [4.78, 5) is 16.2. The molecule has 3 aromatic rings. The van der Waals surface area contributed by atoms with Gasteiger partial charge in [0.2, 0.25) is 0 Å². The van der Waals surface area contributed by atoms with Crippen molar-refractivity contribution in [1.29, 1.82) is 0 Å². The van der Waals surface area contributed by atoms with Gasteiger partial charge in [-0.15, -0.1) is 0 Å². The third-order valence-corrected chi connectivity index (χ3v) is 3.72. The molecule has 1 heterocycles. The molecule has 126 valence electrons. The van der Waals surface area contributed by atoms with Crippen LogP contribution < -0.4 is 0 Å². The lowest BCUT2D eigenvalue weighted by Gasteiger charge is -2.13. The standard InChI is InChI=1S/C19H11F4NO/c20-16-12(10-14(25)11-6-2-1-3-7-11)15(13-8-4-5-9-24-13)17(21)19(23)18(16)22/h1-9H,10H2. The molecule has 2 nitrogen and oxygen atoms in total. The van der Waals surface area contributed by atoms with E-state index < -0.39 is 46.6 Å². The molecule has 0 unspecified atom stereocenters. The van der Waals surface area contributed by atoms with Gasteiger partial charge in [0.15, 0.2) is 29.1 Å². The Morgan fingerprint density at radius 1 is 0.800 bits per heavy atom. The minimum Gasteiger partial charge on any atom is -0.294 e. The van der Waals surface area contributed by atoms with Crippen LogP contribution in [-0.4, -0.2) is 10.8 Å². The van der Waals surface area contributed by atoms with Crippen molar-refractivity contribution in [1.82, 2.24) is 4.98 Å². The second kappa shape index (κ2) is 6.84. The zero-order valence-corrected chi connectivity index (χ0v) is 12.8. The van der Waals surface area contributed by atoms with Crippen LogP contribution in [0.25, 0.3) is 11.3 Å². The van der Waals surface area contributed by atoms with Gasteiger partial charge in [0.25, 0.3) is 0 Å². The van der Waals surface area contributed by atoms with Gasteiger partial charge in [-0.25, -0.2) is 17.6 Å². The molecule has 0 amide bonds. The highest BCUT2D eigenvalue weighted by atomic mass is 19.2. The fourth-order valence-electron chi connectivity index (χ4n) is 2.51. The van der Waals surface area contributed by atoms with Crippen molar-refractivity contribution in [2.24, 2.45) is 0 Å². The lowest BCUT2D eigenvalue weighted by atomic mass is 9.95. The van der Waals surface area contributed by atoms with Crippen LogP contribution in [0.5, 0.6) is 0 Å². The number of rotatable bonds is 4. The SMILES string of the molecule is O=C(Cc1c(F)c(F)c(F)c(F)c1-c1ccccn1)c1ccccc1. The molecule has 0 bridgehead atoms. The Morgan fingerprint density at radius 2 is 1.44 bits per heavy atom. The largest absolute Gasteiger partial charge is 0.294 e. The molecule has 0 aliphatic carbocycles. The Labute approximate surface area is 140 Å². The van der Waals surface area contributed by atoms with E-state index in [2.05, 4.69) is 4.98 Å². The lowest BCUT2D eigenvalue weighted by Crippen LogP contribution is -2.12. The van der Waals surface area contributed by atoms with Gasteiger partial charge in [-0.2, -0.15) is 0 Å². The molecule has 0 spiro atoms. The van der Waals surface area contributed by atoms with Crippen molar-refractivity contribution in [3.05, 3.63) is 89.1 Å². The molecule has 6 heteroatoms. The molecule has 3 rings (SSSR count). The molecule has 0 atom stereocenters. The summed E-state index contributed by atoms with van der Waals surface area (Å²) >= 11 is 0. The van der Waals surface area contributed by atoms with Crippen molar-refractivity contribution in [2.75, 3.05) is 0 Å². The average molecular weight is 345 g/mol. The van der Waals surface area contributed by atoms with Gasteiger partial charge in [-0.1, -0.05) is 36.4 Å². The maximum Gasteiger partial charge on any atom is 0.198 e. The van der Waals surface area contributed by atoms with E-state index in [-0.39, 0.29) is 11.3 Å². The number of Topliss-reactive ketones (excluding diaryl/α,β-unsaturated/α-hetero) is 1. The van der Waals surface area contributed by atoms with Gasteiger partial charge < -0.3 is 0 Å². The summed E-state index contributed by atoms with van der Waals surface area (Å²) < 4.78 is 56.0. The Balaban J connectivity index is 2.17. The molecule has 0 fully saturated rings. The van der Waals surface area contributed by atoms with Gasteiger partial charge >= 0.3 is 0 Å². The number of benzene rings is 2. The van der Waals surface area contributed by atoms with E-state index >= 15 is 0 Å². The van der Waals surface area contributed by atoms with Crippen LogP contribution >= 0.6 is 0 Å². The number of carbonyl (C=O) groups excluding carboxylic acids is 1. The van der Waals surface area contributed by atoms with Gasteiger partial charge in [0, 0.05) is 29.3 Å². The zero-order valence-electron chi connectivity index (χ0n) is 12.8. The van der Waals surface area contributed by atoms with Gasteiger partial charge in [0.1, 0.15) is 0 Å². The summed E-state index contributed by atoms with van der Waals surface area (Å²) in [7, 11) is 0. The highest BCUT2D eigenvalue weighted by Gasteiger charge is 2.28. The number of nitrogens with zero attached hydrogens (tertiary/aromatic N) is 1. The predicted octanol–water partition coefficient (Wildman–Crippen LogP) is 4.73. The van der Waals surface area contributed by atoms with Crippen LogP contribution in [0.3, 0.4) is 0 Å². The Hall–Kier alpha value is -3.02. The molecule has 25 heavy (non-hydrogen) atoms. The fourth-order valence-corrected chi connectivity index (χ4v) is 2.51. The third kappa shape index (κ3) is 3.15. The second-order valence-electron chi connectivity index (χ2n) is 5.29. The molecule has 0 saturated carbocycles. The Kier molecular flexibility index (Phi) is 4.61. The zero-order chi connectivity index (χ0) is 18.0. The summed E-state index contributed by atoms with van der Waals surface area (Å²) in [6, 6.07) is 12.2. The normalized spacial score (nSPS) is 10.7. The third-order valence-electron chi connectivity index (χ3n) is 3.72. The van der Waals surface area contributed by atoms with Crippen LogP contribution in [0.4, 0.5) is 17.6 Å². The van der Waals surface area contributed by atoms with Crippen LogP contribution in [0.2, 0.25) is 0 Å². The van der Waals surface area contributed by atoms with Crippen LogP contribution in [0, 0.1) is 23.3 Å². The van der Waals surface area contributed by atoms with E-state index in [0.29, 0.717) is 0 Å². The molecule has 1 aromatic heterocycles. The Morgan fingerprint density at radius 3 is 2.08 bits per heavy atom. The van der Waals surface area contributed by atoms with Crippen LogP contribution in [-0.2, 0) is 6.42 Å². The van der Waals surface area contributed by atoms with E-state index in [0.717, 1.165) is 0 Å². The fraction of sp³-hybridized carbons (Fsp3) is 0.0526. The molecule has 2 aromatic carbocycles. The number of halogens is 4. The van der Waals surface area contributed by atoms with Crippen LogP contribution in [0.1, 0.15) is 15.9 Å². The summed E-state index contributed by atoms with van der Waals surface area (Å²) in [6.45, 7) is 0. The second-order valence-corrected chi connectivity index (χ2v) is 5.29. The molecular formula is C19H11F4NO. The van der Waals surface area contributed by atoms with E-state index in [1.165, 1.54) is 36.5 Å². The van der Waals surface area contributed by atoms with Crippen molar-refractivity contribution in [3.63, 3.8) is 0 Å². The van der Waals surface area contributed by atoms with Gasteiger partial charge in [-0.05, 0) is 12.1 Å². The van der Waals surface area contributed by atoms with Gasteiger partial charge in [-0.3, -0.25) is 9.78 Å². The van der Waals surface area contributed by atoms with E-state index in [1.54, 1.807) is 18.2 Å². The molecule has 0 saturated heterocycles. The summed E-state index contributed by atoms with van der Waals surface area (Å²) in [5, 5.41) is 0. The topological polar surface area (TPSA) is 30.0 Å². The van der Waals surface area contributed by atoms with Crippen LogP contribution in [0.15, 0.2) is 54.7 Å². The summed E-state index contributed by atoms with van der Waals surface area (Å²) in [6.07, 6.45) is 0.673. The predicted molar refractivity (Wildman–Crippen MR) is 84.0 cm³/mol. The van der Waals surface area contributed by atoms with Crippen molar-refractivity contribution >= 4 is 5.78 Å².